The third-order valence-corrected chi connectivity index (χ3v) is 5.15. The first-order valence-electron chi connectivity index (χ1n) is 6.58. The number of carbonyl (C=O) groups excluding carboxylic acids is 1. The van der Waals surface area contributed by atoms with Gasteiger partial charge in [-0.25, -0.2) is 12.8 Å². The van der Waals surface area contributed by atoms with E-state index in [0.717, 1.165) is 17.2 Å². The predicted octanol–water partition coefficient (Wildman–Crippen LogP) is 2.71. The van der Waals surface area contributed by atoms with Crippen LogP contribution in [0.1, 0.15) is 23.4 Å². The number of halogens is 1. The average Bonchev–Trinajstić information content (AvgIpc) is 2.89. The number of sulfone groups is 1. The summed E-state index contributed by atoms with van der Waals surface area (Å²) in [6.45, 7) is 1.72. The van der Waals surface area contributed by atoms with Crippen LogP contribution >= 0.6 is 11.3 Å². The highest BCUT2D eigenvalue weighted by atomic mass is 32.2. The van der Waals surface area contributed by atoms with Crippen molar-refractivity contribution in [3.8, 4) is 0 Å². The van der Waals surface area contributed by atoms with Crippen LogP contribution in [0.4, 0.5) is 4.39 Å². The molecule has 1 heterocycles. The number of benzene rings is 1. The molecular formula is C15H16FNO3S2. The first-order valence-corrected chi connectivity index (χ1v) is 9.35. The molecule has 0 radical (unpaired) electrons. The van der Waals surface area contributed by atoms with Gasteiger partial charge in [-0.3, -0.25) is 4.79 Å². The average molecular weight is 341 g/mol. The van der Waals surface area contributed by atoms with E-state index in [9.17, 15) is 17.6 Å². The van der Waals surface area contributed by atoms with Crippen molar-refractivity contribution in [3.63, 3.8) is 0 Å². The quantitative estimate of drug-likeness (QED) is 0.909. The van der Waals surface area contributed by atoms with Crippen molar-refractivity contribution in [3.05, 3.63) is 52.0 Å². The molecule has 22 heavy (non-hydrogen) atoms. The molecule has 4 nitrogen and oxygen atoms in total. The van der Waals surface area contributed by atoms with Crippen molar-refractivity contribution in [2.75, 3.05) is 6.26 Å². The van der Waals surface area contributed by atoms with Crippen molar-refractivity contribution in [1.82, 2.24) is 5.32 Å². The second-order valence-electron chi connectivity index (χ2n) is 5.01. The lowest BCUT2D eigenvalue weighted by molar-refractivity contribution is -0.121. The molecular weight excluding hydrogens is 325 g/mol. The maximum absolute atomic E-state index is 13.9. The Morgan fingerprint density at radius 2 is 2.09 bits per heavy atom. The van der Waals surface area contributed by atoms with Crippen molar-refractivity contribution < 1.29 is 17.6 Å². The van der Waals surface area contributed by atoms with Gasteiger partial charge in [0.25, 0.3) is 0 Å². The smallest absolute Gasteiger partial charge is 0.225 e. The molecule has 0 spiro atoms. The van der Waals surface area contributed by atoms with E-state index < -0.39 is 21.7 Å². The highest BCUT2D eigenvalue weighted by molar-refractivity contribution is 7.90. The summed E-state index contributed by atoms with van der Waals surface area (Å²) in [6.07, 6.45) is 1.23. The van der Waals surface area contributed by atoms with Gasteiger partial charge in [0, 0.05) is 11.1 Å². The van der Waals surface area contributed by atoms with Gasteiger partial charge in [0.15, 0.2) is 9.84 Å². The molecule has 0 aliphatic heterocycles. The predicted molar refractivity (Wildman–Crippen MR) is 84.1 cm³/mol. The first kappa shape index (κ1) is 16.6. The molecule has 1 unspecified atom stereocenters. The third kappa shape index (κ3) is 4.14. The number of rotatable bonds is 5. The fourth-order valence-corrected chi connectivity index (χ4v) is 3.47. The lowest BCUT2D eigenvalue weighted by Crippen LogP contribution is -2.28. The second-order valence-corrected chi connectivity index (χ2v) is 8.02. The Labute approximate surface area is 132 Å². The van der Waals surface area contributed by atoms with Crippen molar-refractivity contribution in [2.45, 2.75) is 24.3 Å². The normalized spacial score (nSPS) is 12.9. The molecule has 2 aromatic rings. The standard InChI is InChI=1S/C15H16FNO3S2/c1-10(17-15(18)9-12-4-3-7-21-12)11-5-6-14(13(16)8-11)22(2,19)20/h3-8,10H,9H2,1-2H3,(H,17,18). The maximum Gasteiger partial charge on any atom is 0.225 e. The summed E-state index contributed by atoms with van der Waals surface area (Å²) in [5.41, 5.74) is 0.518. The number of thiophene rings is 1. The Morgan fingerprint density at radius 1 is 1.36 bits per heavy atom. The maximum atomic E-state index is 13.9. The van der Waals surface area contributed by atoms with E-state index in [1.807, 2.05) is 17.5 Å². The number of amides is 1. The van der Waals surface area contributed by atoms with Gasteiger partial charge in [0.2, 0.25) is 5.91 Å². The van der Waals surface area contributed by atoms with Gasteiger partial charge in [-0.15, -0.1) is 11.3 Å². The molecule has 1 aromatic carbocycles. The Hall–Kier alpha value is -1.73. The van der Waals surface area contributed by atoms with E-state index >= 15 is 0 Å². The molecule has 0 bridgehead atoms. The minimum atomic E-state index is -3.59. The molecule has 118 valence electrons. The van der Waals surface area contributed by atoms with E-state index in [1.165, 1.54) is 23.5 Å². The Balaban J connectivity index is 2.08. The summed E-state index contributed by atoms with van der Waals surface area (Å²) in [4.78, 5) is 12.5. The van der Waals surface area contributed by atoms with Gasteiger partial charge in [0.1, 0.15) is 10.7 Å². The zero-order valence-electron chi connectivity index (χ0n) is 12.2. The minimum Gasteiger partial charge on any atom is -0.349 e. The zero-order valence-corrected chi connectivity index (χ0v) is 13.8. The van der Waals surface area contributed by atoms with Gasteiger partial charge < -0.3 is 5.32 Å². The number of hydrogen-bond acceptors (Lipinski definition) is 4. The second kappa shape index (κ2) is 6.58. The molecule has 0 saturated carbocycles. The van der Waals surface area contributed by atoms with Crippen molar-refractivity contribution in [2.24, 2.45) is 0 Å². The minimum absolute atomic E-state index is 0.164. The topological polar surface area (TPSA) is 63.2 Å². The number of nitrogens with one attached hydrogen (secondary N) is 1. The summed E-state index contributed by atoms with van der Waals surface area (Å²) in [6, 6.07) is 7.21. The lowest BCUT2D eigenvalue weighted by atomic mass is 10.1. The Kier molecular flexibility index (Phi) is 4.97. The molecule has 0 aliphatic rings. The summed E-state index contributed by atoms with van der Waals surface area (Å²) >= 11 is 1.49. The highest BCUT2D eigenvalue weighted by Crippen LogP contribution is 2.20. The summed E-state index contributed by atoms with van der Waals surface area (Å²) in [5, 5.41) is 4.67. The molecule has 1 N–H and O–H groups in total. The van der Waals surface area contributed by atoms with E-state index in [-0.39, 0.29) is 17.2 Å². The molecule has 1 atom stereocenters. The van der Waals surface area contributed by atoms with Crippen LogP contribution in [0.3, 0.4) is 0 Å². The van der Waals surface area contributed by atoms with Crippen molar-refractivity contribution in [1.29, 1.82) is 0 Å². The van der Waals surface area contributed by atoms with Crippen LogP contribution in [0, 0.1) is 5.82 Å². The molecule has 0 saturated heterocycles. The van der Waals surface area contributed by atoms with E-state index in [0.29, 0.717) is 5.56 Å². The third-order valence-electron chi connectivity index (χ3n) is 3.15. The van der Waals surface area contributed by atoms with Gasteiger partial charge >= 0.3 is 0 Å². The molecule has 1 amide bonds. The number of hydrogen-bond donors (Lipinski definition) is 1. The van der Waals surface area contributed by atoms with Crippen LogP contribution < -0.4 is 5.32 Å². The largest absolute Gasteiger partial charge is 0.349 e. The van der Waals surface area contributed by atoms with Crippen LogP contribution in [-0.2, 0) is 21.1 Å². The van der Waals surface area contributed by atoms with Crippen LogP contribution in [0.15, 0.2) is 40.6 Å². The molecule has 0 fully saturated rings. The fourth-order valence-electron chi connectivity index (χ4n) is 2.03. The van der Waals surface area contributed by atoms with Crippen molar-refractivity contribution >= 4 is 27.1 Å². The van der Waals surface area contributed by atoms with Crippen LogP contribution in [0.25, 0.3) is 0 Å². The van der Waals surface area contributed by atoms with E-state index in [1.54, 1.807) is 6.92 Å². The SMILES string of the molecule is CC(NC(=O)Cc1cccs1)c1ccc(S(C)(=O)=O)c(F)c1. The van der Waals surface area contributed by atoms with E-state index in [4.69, 9.17) is 0 Å². The van der Waals surface area contributed by atoms with Gasteiger partial charge in [-0.2, -0.15) is 0 Å². The summed E-state index contributed by atoms with van der Waals surface area (Å²) < 4.78 is 36.6. The molecule has 7 heteroatoms. The Bertz CT molecular complexity index is 770. The summed E-state index contributed by atoms with van der Waals surface area (Å²) in [5.74, 6) is -0.970. The van der Waals surface area contributed by atoms with Crippen LogP contribution in [0.2, 0.25) is 0 Å². The van der Waals surface area contributed by atoms with Gasteiger partial charge in [0.05, 0.1) is 12.5 Å². The first-order chi connectivity index (χ1) is 10.3. The molecule has 1 aromatic heterocycles. The van der Waals surface area contributed by atoms with Crippen LogP contribution in [-0.4, -0.2) is 20.6 Å². The van der Waals surface area contributed by atoms with E-state index in [2.05, 4.69) is 5.32 Å². The molecule has 0 aliphatic carbocycles. The highest BCUT2D eigenvalue weighted by Gasteiger charge is 2.17. The Morgan fingerprint density at radius 3 is 2.64 bits per heavy atom. The fraction of sp³-hybridized carbons (Fsp3) is 0.267. The number of carbonyl (C=O) groups is 1. The van der Waals surface area contributed by atoms with Gasteiger partial charge in [-0.1, -0.05) is 12.1 Å². The monoisotopic (exact) mass is 341 g/mol. The van der Waals surface area contributed by atoms with Gasteiger partial charge in [-0.05, 0) is 36.1 Å². The lowest BCUT2D eigenvalue weighted by Gasteiger charge is -2.15. The summed E-state index contributed by atoms with van der Waals surface area (Å²) in [7, 11) is -3.59. The van der Waals surface area contributed by atoms with Crippen LogP contribution in [0.5, 0.6) is 0 Å². The molecule has 2 rings (SSSR count). The zero-order chi connectivity index (χ0) is 16.3.